The molecule has 1 saturated heterocycles. The van der Waals surface area contributed by atoms with E-state index in [1.165, 1.54) is 28.8 Å². The van der Waals surface area contributed by atoms with Crippen molar-refractivity contribution in [2.75, 3.05) is 0 Å². The zero-order valence-corrected chi connectivity index (χ0v) is 11.6. The molecule has 2 aromatic rings. The average Bonchev–Trinajstić information content (AvgIpc) is 2.47. The van der Waals surface area contributed by atoms with Crippen LogP contribution < -0.4 is 5.32 Å². The van der Waals surface area contributed by atoms with E-state index in [1.54, 1.807) is 0 Å². The van der Waals surface area contributed by atoms with E-state index in [-0.39, 0.29) is 17.9 Å². The summed E-state index contributed by atoms with van der Waals surface area (Å²) in [6.07, 6.45) is 2.06. The molecule has 2 nitrogen and oxygen atoms in total. The van der Waals surface area contributed by atoms with Gasteiger partial charge in [-0.05, 0) is 40.8 Å². The normalized spacial score (nSPS) is 23.8. The molecule has 4 rings (SSSR count). The standard InChI is InChI=1S/C18H16FNO/c19-12-6-4-11(5-7-12)15-2-1-3-16-17(15)9-13-8-14(21)10-18(16)20-13/h1-7,13,18,20H,8-10H2/t13?,18-/m0/s1. The molecule has 0 amide bonds. The lowest BCUT2D eigenvalue weighted by molar-refractivity contribution is -0.121. The largest absolute Gasteiger partial charge is 0.306 e. The molecule has 0 radical (unpaired) electrons. The van der Waals surface area contributed by atoms with Crippen LogP contribution in [0.1, 0.15) is 30.0 Å². The molecule has 106 valence electrons. The second-order valence-corrected chi connectivity index (χ2v) is 5.95. The van der Waals surface area contributed by atoms with Crippen molar-refractivity contribution in [3.63, 3.8) is 0 Å². The minimum atomic E-state index is -0.215. The van der Waals surface area contributed by atoms with Crippen LogP contribution in [0.3, 0.4) is 0 Å². The summed E-state index contributed by atoms with van der Waals surface area (Å²) in [5.74, 6) is 0.134. The minimum Gasteiger partial charge on any atom is -0.306 e. The molecule has 1 unspecified atom stereocenters. The maximum Gasteiger partial charge on any atom is 0.136 e. The van der Waals surface area contributed by atoms with Crippen molar-refractivity contribution in [1.82, 2.24) is 5.32 Å². The maximum absolute atomic E-state index is 13.1. The van der Waals surface area contributed by atoms with Crippen LogP contribution in [0.5, 0.6) is 0 Å². The summed E-state index contributed by atoms with van der Waals surface area (Å²) >= 11 is 0. The second-order valence-electron chi connectivity index (χ2n) is 5.95. The molecular weight excluding hydrogens is 265 g/mol. The third kappa shape index (κ3) is 2.18. The van der Waals surface area contributed by atoms with Gasteiger partial charge in [0.05, 0.1) is 0 Å². The molecule has 2 aliphatic rings. The van der Waals surface area contributed by atoms with E-state index in [4.69, 9.17) is 0 Å². The molecule has 0 aromatic heterocycles. The number of halogens is 1. The van der Waals surface area contributed by atoms with Crippen LogP contribution >= 0.6 is 0 Å². The van der Waals surface area contributed by atoms with E-state index < -0.39 is 0 Å². The van der Waals surface area contributed by atoms with Crippen LogP contribution in [0.15, 0.2) is 42.5 Å². The van der Waals surface area contributed by atoms with E-state index in [9.17, 15) is 9.18 Å². The summed E-state index contributed by atoms with van der Waals surface area (Å²) in [7, 11) is 0. The van der Waals surface area contributed by atoms with E-state index >= 15 is 0 Å². The fourth-order valence-electron chi connectivity index (χ4n) is 3.62. The van der Waals surface area contributed by atoms with Crippen LogP contribution in [0.25, 0.3) is 11.1 Å². The number of ketones is 1. The first-order chi connectivity index (χ1) is 10.2. The number of carbonyl (C=O) groups is 1. The Kier molecular flexibility index (Phi) is 2.89. The Morgan fingerprint density at radius 3 is 2.62 bits per heavy atom. The zero-order valence-electron chi connectivity index (χ0n) is 11.6. The Bertz CT molecular complexity index is 708. The summed E-state index contributed by atoms with van der Waals surface area (Å²) in [5, 5.41) is 3.55. The lowest BCUT2D eigenvalue weighted by Crippen LogP contribution is -2.46. The van der Waals surface area contributed by atoms with Gasteiger partial charge in [0.15, 0.2) is 0 Å². The number of hydrogen-bond donors (Lipinski definition) is 1. The molecule has 0 saturated carbocycles. The average molecular weight is 281 g/mol. The van der Waals surface area contributed by atoms with Gasteiger partial charge in [0.2, 0.25) is 0 Å². The molecule has 2 atom stereocenters. The number of nitrogens with one attached hydrogen (secondary N) is 1. The number of Topliss-reactive ketones (excluding diaryl/α,β-unsaturated/α-hetero) is 1. The van der Waals surface area contributed by atoms with Crippen molar-refractivity contribution < 1.29 is 9.18 Å². The number of piperidine rings is 1. The molecule has 2 heterocycles. The highest BCUT2D eigenvalue weighted by Crippen LogP contribution is 2.38. The molecule has 2 aliphatic heterocycles. The zero-order chi connectivity index (χ0) is 14.4. The summed E-state index contributed by atoms with van der Waals surface area (Å²) in [5.41, 5.74) is 4.74. The van der Waals surface area contributed by atoms with Gasteiger partial charge < -0.3 is 5.32 Å². The first-order valence-corrected chi connectivity index (χ1v) is 7.36. The van der Waals surface area contributed by atoms with Crippen molar-refractivity contribution in [2.45, 2.75) is 31.3 Å². The van der Waals surface area contributed by atoms with Gasteiger partial charge in [-0.15, -0.1) is 0 Å². The van der Waals surface area contributed by atoms with Crippen molar-refractivity contribution in [3.8, 4) is 11.1 Å². The Hall–Kier alpha value is -2.00. The van der Waals surface area contributed by atoms with Crippen molar-refractivity contribution in [3.05, 3.63) is 59.4 Å². The first-order valence-electron chi connectivity index (χ1n) is 7.36. The fraction of sp³-hybridized carbons (Fsp3) is 0.278. The molecule has 3 heteroatoms. The van der Waals surface area contributed by atoms with Crippen LogP contribution in [-0.4, -0.2) is 11.8 Å². The predicted molar refractivity (Wildman–Crippen MR) is 79.4 cm³/mol. The Balaban J connectivity index is 1.83. The SMILES string of the molecule is O=C1CC2Cc3c(-c4ccc(F)cc4)cccc3[C@H](C1)N2. The van der Waals surface area contributed by atoms with Gasteiger partial charge in [0, 0.05) is 24.9 Å². The molecule has 0 aliphatic carbocycles. The molecule has 1 fully saturated rings. The third-order valence-electron chi connectivity index (χ3n) is 4.54. The number of carbonyl (C=O) groups excluding carboxylic acids is 1. The summed E-state index contributed by atoms with van der Waals surface area (Å²) in [6.45, 7) is 0. The Morgan fingerprint density at radius 2 is 1.81 bits per heavy atom. The fourth-order valence-corrected chi connectivity index (χ4v) is 3.62. The van der Waals surface area contributed by atoms with Crippen LogP contribution in [-0.2, 0) is 11.2 Å². The number of fused-ring (bicyclic) bond motifs is 4. The van der Waals surface area contributed by atoms with Crippen LogP contribution in [0.4, 0.5) is 4.39 Å². The highest BCUT2D eigenvalue weighted by Gasteiger charge is 2.34. The predicted octanol–water partition coefficient (Wildman–Crippen LogP) is 3.41. The molecule has 2 aromatic carbocycles. The lowest BCUT2D eigenvalue weighted by Gasteiger charge is -2.38. The molecule has 1 N–H and O–H groups in total. The summed E-state index contributed by atoms with van der Waals surface area (Å²) in [4.78, 5) is 11.8. The van der Waals surface area contributed by atoms with E-state index in [1.807, 2.05) is 18.2 Å². The quantitative estimate of drug-likeness (QED) is 0.868. The number of benzene rings is 2. The van der Waals surface area contributed by atoms with Crippen LogP contribution in [0.2, 0.25) is 0 Å². The minimum absolute atomic E-state index is 0.139. The van der Waals surface area contributed by atoms with Gasteiger partial charge in [0.25, 0.3) is 0 Å². The molecule has 2 bridgehead atoms. The summed E-state index contributed by atoms with van der Waals surface area (Å²) in [6, 6.07) is 13.3. The second kappa shape index (κ2) is 4.78. The van der Waals surface area contributed by atoms with Gasteiger partial charge in [-0.1, -0.05) is 30.3 Å². The molecule has 21 heavy (non-hydrogen) atoms. The Morgan fingerprint density at radius 1 is 1.00 bits per heavy atom. The van der Waals surface area contributed by atoms with Crippen molar-refractivity contribution in [2.24, 2.45) is 0 Å². The van der Waals surface area contributed by atoms with Gasteiger partial charge in [-0.3, -0.25) is 4.79 Å². The molecular formula is C18H16FNO. The first kappa shape index (κ1) is 12.7. The monoisotopic (exact) mass is 281 g/mol. The van der Waals surface area contributed by atoms with Gasteiger partial charge in [-0.25, -0.2) is 4.39 Å². The van der Waals surface area contributed by atoms with E-state index in [2.05, 4.69) is 17.4 Å². The van der Waals surface area contributed by atoms with E-state index in [0.29, 0.717) is 18.6 Å². The van der Waals surface area contributed by atoms with Crippen molar-refractivity contribution >= 4 is 5.78 Å². The topological polar surface area (TPSA) is 29.1 Å². The van der Waals surface area contributed by atoms with Gasteiger partial charge >= 0.3 is 0 Å². The highest BCUT2D eigenvalue weighted by atomic mass is 19.1. The maximum atomic E-state index is 13.1. The smallest absolute Gasteiger partial charge is 0.136 e. The van der Waals surface area contributed by atoms with Crippen LogP contribution in [0, 0.1) is 5.82 Å². The Labute approximate surface area is 123 Å². The number of rotatable bonds is 1. The lowest BCUT2D eigenvalue weighted by atomic mass is 9.78. The van der Waals surface area contributed by atoms with Gasteiger partial charge in [-0.2, -0.15) is 0 Å². The highest BCUT2D eigenvalue weighted by molar-refractivity contribution is 5.82. The van der Waals surface area contributed by atoms with E-state index in [0.717, 1.165) is 12.0 Å². The third-order valence-corrected chi connectivity index (χ3v) is 4.54. The van der Waals surface area contributed by atoms with Gasteiger partial charge in [0.1, 0.15) is 11.6 Å². The number of hydrogen-bond acceptors (Lipinski definition) is 2. The molecule has 0 spiro atoms. The summed E-state index contributed by atoms with van der Waals surface area (Å²) < 4.78 is 13.1. The van der Waals surface area contributed by atoms with Crippen molar-refractivity contribution in [1.29, 1.82) is 0 Å².